The summed E-state index contributed by atoms with van der Waals surface area (Å²) in [7, 11) is 0. The Balaban J connectivity index is 1.98. The van der Waals surface area contributed by atoms with Gasteiger partial charge >= 0.3 is 0 Å². The van der Waals surface area contributed by atoms with Crippen LogP contribution in [-0.2, 0) is 9.53 Å². The van der Waals surface area contributed by atoms with Crippen LogP contribution >= 0.6 is 0 Å². The number of aryl methyl sites for hydroxylation is 1. The SMILES string of the molecule is Cc1ccc(C(N)CN2CCOCC2=O)cc1. The highest BCUT2D eigenvalue weighted by Crippen LogP contribution is 2.13. The van der Waals surface area contributed by atoms with Gasteiger partial charge in [0.05, 0.1) is 6.61 Å². The van der Waals surface area contributed by atoms with Crippen LogP contribution in [0.1, 0.15) is 17.2 Å². The zero-order chi connectivity index (χ0) is 12.3. The monoisotopic (exact) mass is 234 g/mol. The van der Waals surface area contributed by atoms with E-state index in [1.807, 2.05) is 31.2 Å². The van der Waals surface area contributed by atoms with E-state index < -0.39 is 0 Å². The smallest absolute Gasteiger partial charge is 0.248 e. The number of carbonyl (C=O) groups excluding carboxylic acids is 1. The van der Waals surface area contributed by atoms with Gasteiger partial charge in [-0.15, -0.1) is 0 Å². The number of benzene rings is 1. The molecule has 2 rings (SSSR count). The zero-order valence-corrected chi connectivity index (χ0v) is 10.1. The van der Waals surface area contributed by atoms with Crippen molar-refractivity contribution in [3.63, 3.8) is 0 Å². The van der Waals surface area contributed by atoms with Gasteiger partial charge in [0.15, 0.2) is 0 Å². The minimum atomic E-state index is -0.127. The maximum absolute atomic E-state index is 11.6. The average molecular weight is 234 g/mol. The summed E-state index contributed by atoms with van der Waals surface area (Å²) in [5.41, 5.74) is 8.38. The lowest BCUT2D eigenvalue weighted by atomic mass is 10.1. The number of nitrogens with two attached hydrogens (primary N) is 1. The van der Waals surface area contributed by atoms with Crippen LogP contribution in [0.2, 0.25) is 0 Å². The number of carbonyl (C=O) groups is 1. The third kappa shape index (κ3) is 3.05. The number of hydrogen-bond donors (Lipinski definition) is 1. The molecule has 4 heteroatoms. The second kappa shape index (κ2) is 5.29. The van der Waals surface area contributed by atoms with Crippen molar-refractivity contribution in [1.82, 2.24) is 4.90 Å². The Morgan fingerprint density at radius 3 is 2.76 bits per heavy atom. The van der Waals surface area contributed by atoms with E-state index in [2.05, 4.69) is 0 Å². The Morgan fingerprint density at radius 2 is 2.12 bits per heavy atom. The molecule has 1 atom stereocenters. The Hall–Kier alpha value is -1.39. The summed E-state index contributed by atoms with van der Waals surface area (Å²) in [5.74, 6) is 0.0267. The summed E-state index contributed by atoms with van der Waals surface area (Å²) in [4.78, 5) is 13.3. The molecule has 92 valence electrons. The lowest BCUT2D eigenvalue weighted by molar-refractivity contribution is -0.142. The molecular weight excluding hydrogens is 216 g/mol. The number of nitrogens with zero attached hydrogens (tertiary/aromatic N) is 1. The van der Waals surface area contributed by atoms with Crippen LogP contribution in [0.5, 0.6) is 0 Å². The third-order valence-electron chi connectivity index (χ3n) is 3.01. The average Bonchev–Trinajstić information content (AvgIpc) is 2.33. The molecule has 0 aromatic heterocycles. The number of amides is 1. The van der Waals surface area contributed by atoms with Crippen molar-refractivity contribution < 1.29 is 9.53 Å². The molecule has 4 nitrogen and oxygen atoms in total. The molecule has 0 spiro atoms. The first-order valence-corrected chi connectivity index (χ1v) is 5.84. The predicted molar refractivity (Wildman–Crippen MR) is 65.5 cm³/mol. The first-order valence-electron chi connectivity index (χ1n) is 5.84. The molecule has 1 aliphatic heterocycles. The number of rotatable bonds is 3. The Kier molecular flexibility index (Phi) is 3.76. The van der Waals surface area contributed by atoms with Gasteiger partial charge in [-0.1, -0.05) is 29.8 Å². The van der Waals surface area contributed by atoms with Crippen molar-refractivity contribution in [2.24, 2.45) is 5.73 Å². The molecule has 1 heterocycles. The van der Waals surface area contributed by atoms with Crippen molar-refractivity contribution in [2.75, 3.05) is 26.3 Å². The Labute approximate surface area is 101 Å². The second-order valence-corrected chi connectivity index (χ2v) is 4.41. The summed E-state index contributed by atoms with van der Waals surface area (Å²) in [6.07, 6.45) is 0. The van der Waals surface area contributed by atoms with Gasteiger partial charge in [0.25, 0.3) is 0 Å². The molecule has 1 fully saturated rings. The molecule has 2 N–H and O–H groups in total. The van der Waals surface area contributed by atoms with Gasteiger partial charge in [-0.2, -0.15) is 0 Å². The van der Waals surface area contributed by atoms with Crippen molar-refractivity contribution in [1.29, 1.82) is 0 Å². The van der Waals surface area contributed by atoms with Crippen LogP contribution in [0.4, 0.5) is 0 Å². The quantitative estimate of drug-likeness (QED) is 0.843. The molecule has 1 aliphatic rings. The summed E-state index contributed by atoms with van der Waals surface area (Å²) >= 11 is 0. The Bertz CT molecular complexity index is 389. The normalized spacial score (nSPS) is 18.2. The molecule has 17 heavy (non-hydrogen) atoms. The van der Waals surface area contributed by atoms with E-state index in [-0.39, 0.29) is 18.6 Å². The molecule has 0 radical (unpaired) electrons. The van der Waals surface area contributed by atoms with Crippen LogP contribution in [-0.4, -0.2) is 37.1 Å². The van der Waals surface area contributed by atoms with Crippen LogP contribution < -0.4 is 5.73 Å². The van der Waals surface area contributed by atoms with Gasteiger partial charge in [-0.3, -0.25) is 4.79 Å². The van der Waals surface area contributed by atoms with E-state index in [9.17, 15) is 4.79 Å². The van der Waals surface area contributed by atoms with Gasteiger partial charge in [0.1, 0.15) is 6.61 Å². The fraction of sp³-hybridized carbons (Fsp3) is 0.462. The van der Waals surface area contributed by atoms with Crippen molar-refractivity contribution in [3.05, 3.63) is 35.4 Å². The van der Waals surface area contributed by atoms with E-state index in [4.69, 9.17) is 10.5 Å². The molecule has 1 saturated heterocycles. The molecule has 0 bridgehead atoms. The third-order valence-corrected chi connectivity index (χ3v) is 3.01. The lowest BCUT2D eigenvalue weighted by Gasteiger charge is -2.29. The highest BCUT2D eigenvalue weighted by molar-refractivity contribution is 5.78. The first-order chi connectivity index (χ1) is 8.16. The first kappa shape index (κ1) is 12.1. The highest BCUT2D eigenvalue weighted by Gasteiger charge is 2.21. The summed E-state index contributed by atoms with van der Waals surface area (Å²) < 4.78 is 5.08. The standard InChI is InChI=1S/C13H18N2O2/c1-10-2-4-11(5-3-10)12(14)8-15-6-7-17-9-13(15)16/h2-5,12H,6-9,14H2,1H3. The fourth-order valence-corrected chi connectivity index (χ4v) is 1.90. The van der Waals surface area contributed by atoms with Gasteiger partial charge in [-0.05, 0) is 12.5 Å². The van der Waals surface area contributed by atoms with Crippen LogP contribution in [0.25, 0.3) is 0 Å². The van der Waals surface area contributed by atoms with E-state index in [0.29, 0.717) is 19.7 Å². The van der Waals surface area contributed by atoms with Gasteiger partial charge in [0.2, 0.25) is 5.91 Å². The van der Waals surface area contributed by atoms with E-state index in [1.165, 1.54) is 5.56 Å². The van der Waals surface area contributed by atoms with Gasteiger partial charge in [-0.25, -0.2) is 0 Å². The maximum Gasteiger partial charge on any atom is 0.248 e. The molecule has 0 saturated carbocycles. The number of ether oxygens (including phenoxy) is 1. The second-order valence-electron chi connectivity index (χ2n) is 4.41. The molecule has 1 aromatic rings. The Morgan fingerprint density at radius 1 is 1.41 bits per heavy atom. The molecule has 0 aliphatic carbocycles. The molecule has 1 unspecified atom stereocenters. The maximum atomic E-state index is 11.6. The minimum absolute atomic E-state index is 0.0267. The van der Waals surface area contributed by atoms with Crippen LogP contribution in [0, 0.1) is 6.92 Å². The summed E-state index contributed by atoms with van der Waals surface area (Å²) in [6.45, 7) is 4.03. The molecule has 1 aromatic carbocycles. The van der Waals surface area contributed by atoms with Gasteiger partial charge < -0.3 is 15.4 Å². The minimum Gasteiger partial charge on any atom is -0.370 e. The van der Waals surface area contributed by atoms with Crippen molar-refractivity contribution in [3.8, 4) is 0 Å². The summed E-state index contributed by atoms with van der Waals surface area (Å²) in [6, 6.07) is 7.99. The number of morpholine rings is 1. The molecular formula is C13H18N2O2. The van der Waals surface area contributed by atoms with Crippen LogP contribution in [0.15, 0.2) is 24.3 Å². The topological polar surface area (TPSA) is 55.6 Å². The largest absolute Gasteiger partial charge is 0.370 e. The summed E-state index contributed by atoms with van der Waals surface area (Å²) in [5, 5.41) is 0. The van der Waals surface area contributed by atoms with Crippen molar-refractivity contribution in [2.45, 2.75) is 13.0 Å². The predicted octanol–water partition coefficient (Wildman–Crippen LogP) is 0.854. The van der Waals surface area contributed by atoms with Crippen LogP contribution in [0.3, 0.4) is 0 Å². The fourth-order valence-electron chi connectivity index (χ4n) is 1.90. The van der Waals surface area contributed by atoms with E-state index >= 15 is 0 Å². The number of hydrogen-bond acceptors (Lipinski definition) is 3. The molecule has 1 amide bonds. The zero-order valence-electron chi connectivity index (χ0n) is 10.1. The van der Waals surface area contributed by atoms with Crippen molar-refractivity contribution >= 4 is 5.91 Å². The lowest BCUT2D eigenvalue weighted by Crippen LogP contribution is -2.44. The van der Waals surface area contributed by atoms with E-state index in [1.54, 1.807) is 4.90 Å². The highest BCUT2D eigenvalue weighted by atomic mass is 16.5. The van der Waals surface area contributed by atoms with E-state index in [0.717, 1.165) is 5.56 Å². The van der Waals surface area contributed by atoms with Gasteiger partial charge in [0, 0.05) is 19.1 Å².